The smallest absolute Gasteiger partial charge is 0.0265 e. The molecule has 0 nitrogen and oxygen atoms in total. The van der Waals surface area contributed by atoms with Gasteiger partial charge < -0.3 is 0 Å². The van der Waals surface area contributed by atoms with Crippen molar-refractivity contribution in [2.45, 2.75) is 99.3 Å². The molecule has 146 valence electrons. The van der Waals surface area contributed by atoms with E-state index in [1.807, 2.05) is 0 Å². The number of hydrogen-bond acceptors (Lipinski definition) is 0. The molecule has 0 heteroatoms. The van der Waals surface area contributed by atoms with E-state index in [9.17, 15) is 0 Å². The van der Waals surface area contributed by atoms with Crippen molar-refractivity contribution in [3.8, 4) is 0 Å². The van der Waals surface area contributed by atoms with Crippen molar-refractivity contribution < 1.29 is 0 Å². The van der Waals surface area contributed by atoms with E-state index in [-0.39, 0.29) is 0 Å². The van der Waals surface area contributed by atoms with Crippen LogP contribution in [0.4, 0.5) is 0 Å². The van der Waals surface area contributed by atoms with Crippen molar-refractivity contribution in [1.82, 2.24) is 0 Å². The molecule has 0 fully saturated rings. The highest BCUT2D eigenvalue weighted by Crippen LogP contribution is 2.31. The van der Waals surface area contributed by atoms with Gasteiger partial charge in [-0.1, -0.05) is 77.3 Å². The molecule has 0 radical (unpaired) electrons. The van der Waals surface area contributed by atoms with E-state index in [0.29, 0.717) is 5.92 Å². The van der Waals surface area contributed by atoms with Crippen molar-refractivity contribution in [3.05, 3.63) is 36.5 Å². The fourth-order valence-electron chi connectivity index (χ4n) is 3.62. The lowest BCUT2D eigenvalue weighted by molar-refractivity contribution is 0.314. The van der Waals surface area contributed by atoms with Crippen LogP contribution >= 0.6 is 0 Å². The SMILES string of the molecule is C=CC(C)CCC(C/C=C(\C)CCCCC)C(C)CC(=C)CC(C)C. The molecule has 0 aromatic rings. The molecule has 0 spiro atoms. The van der Waals surface area contributed by atoms with Crippen LogP contribution in [0.15, 0.2) is 36.5 Å². The third-order valence-electron chi connectivity index (χ3n) is 5.45. The summed E-state index contributed by atoms with van der Waals surface area (Å²) in [5, 5.41) is 0. The van der Waals surface area contributed by atoms with Gasteiger partial charge >= 0.3 is 0 Å². The first-order valence-corrected chi connectivity index (χ1v) is 10.7. The Labute approximate surface area is 159 Å². The van der Waals surface area contributed by atoms with E-state index in [2.05, 4.69) is 66.9 Å². The molecule has 3 unspecified atom stereocenters. The molecule has 0 aliphatic heterocycles. The van der Waals surface area contributed by atoms with Crippen LogP contribution in [0.25, 0.3) is 0 Å². The maximum atomic E-state index is 4.34. The van der Waals surface area contributed by atoms with Gasteiger partial charge in [0.2, 0.25) is 0 Å². The summed E-state index contributed by atoms with van der Waals surface area (Å²) in [4.78, 5) is 0. The molecule has 0 aliphatic carbocycles. The Balaban J connectivity index is 4.69. The average molecular weight is 347 g/mol. The molecule has 0 saturated heterocycles. The summed E-state index contributed by atoms with van der Waals surface area (Å²) in [6, 6.07) is 0. The van der Waals surface area contributed by atoms with Crippen LogP contribution in [0.2, 0.25) is 0 Å². The third-order valence-corrected chi connectivity index (χ3v) is 5.45. The molecular formula is C25H46. The highest BCUT2D eigenvalue weighted by molar-refractivity contribution is 5.01. The summed E-state index contributed by atoms with van der Waals surface area (Å²) in [5.74, 6) is 2.85. The minimum absolute atomic E-state index is 0.628. The Hall–Kier alpha value is -0.780. The van der Waals surface area contributed by atoms with Crippen LogP contribution in [-0.4, -0.2) is 0 Å². The van der Waals surface area contributed by atoms with E-state index in [4.69, 9.17) is 0 Å². The topological polar surface area (TPSA) is 0 Å². The molecule has 0 saturated carbocycles. The molecule has 0 bridgehead atoms. The van der Waals surface area contributed by atoms with E-state index >= 15 is 0 Å². The summed E-state index contributed by atoms with van der Waals surface area (Å²) in [7, 11) is 0. The van der Waals surface area contributed by atoms with Crippen LogP contribution in [0.3, 0.4) is 0 Å². The van der Waals surface area contributed by atoms with Crippen molar-refractivity contribution in [1.29, 1.82) is 0 Å². The first-order chi connectivity index (χ1) is 11.8. The van der Waals surface area contributed by atoms with Gasteiger partial charge in [-0.05, 0) is 75.5 Å². The number of rotatable bonds is 15. The molecular weight excluding hydrogens is 300 g/mol. The predicted molar refractivity (Wildman–Crippen MR) is 117 cm³/mol. The zero-order valence-corrected chi connectivity index (χ0v) is 18.2. The van der Waals surface area contributed by atoms with Gasteiger partial charge in [-0.15, -0.1) is 6.58 Å². The lowest BCUT2D eigenvalue weighted by atomic mass is 9.80. The molecule has 0 rings (SSSR count). The Kier molecular flexibility index (Phi) is 13.9. The zero-order valence-electron chi connectivity index (χ0n) is 18.2. The fourth-order valence-corrected chi connectivity index (χ4v) is 3.62. The summed E-state index contributed by atoms with van der Waals surface area (Å²) in [5.41, 5.74) is 3.02. The summed E-state index contributed by atoms with van der Waals surface area (Å²) >= 11 is 0. The standard InChI is InChI=1S/C25H46/c1-9-11-12-13-22(6)15-17-25(16-14-21(5)10-2)24(8)19-23(7)18-20(3)4/h10,15,20-21,24-25H,2,7,9,11-14,16-19H2,1,3-6,8H3/b22-15+. The van der Waals surface area contributed by atoms with Crippen LogP contribution in [0, 0.1) is 23.7 Å². The van der Waals surface area contributed by atoms with Gasteiger partial charge in [0.25, 0.3) is 0 Å². The molecule has 25 heavy (non-hydrogen) atoms. The minimum Gasteiger partial charge on any atom is -0.103 e. The van der Waals surface area contributed by atoms with E-state index < -0.39 is 0 Å². The normalized spacial score (nSPS) is 15.9. The summed E-state index contributed by atoms with van der Waals surface area (Å²) in [6.07, 6.45) is 16.1. The minimum atomic E-state index is 0.628. The number of hydrogen-bond donors (Lipinski definition) is 0. The number of allylic oxidation sites excluding steroid dienone is 4. The second-order valence-corrected chi connectivity index (χ2v) is 8.82. The van der Waals surface area contributed by atoms with Crippen molar-refractivity contribution in [3.63, 3.8) is 0 Å². The van der Waals surface area contributed by atoms with E-state index in [1.54, 1.807) is 5.57 Å². The lowest BCUT2D eigenvalue weighted by Gasteiger charge is -2.25. The maximum Gasteiger partial charge on any atom is -0.0265 e. The van der Waals surface area contributed by atoms with Gasteiger partial charge in [0, 0.05) is 0 Å². The van der Waals surface area contributed by atoms with Gasteiger partial charge in [-0.25, -0.2) is 0 Å². The third kappa shape index (κ3) is 13.1. The van der Waals surface area contributed by atoms with Crippen LogP contribution in [0.1, 0.15) is 99.3 Å². The fraction of sp³-hybridized carbons (Fsp3) is 0.760. The Bertz CT molecular complexity index is 385. The first-order valence-electron chi connectivity index (χ1n) is 10.7. The highest BCUT2D eigenvalue weighted by atomic mass is 14.2. The second-order valence-electron chi connectivity index (χ2n) is 8.82. The van der Waals surface area contributed by atoms with Crippen molar-refractivity contribution in [2.75, 3.05) is 0 Å². The Morgan fingerprint density at radius 1 is 1.00 bits per heavy atom. The largest absolute Gasteiger partial charge is 0.103 e. The van der Waals surface area contributed by atoms with Crippen LogP contribution < -0.4 is 0 Å². The molecule has 0 aromatic heterocycles. The maximum absolute atomic E-state index is 4.34. The van der Waals surface area contributed by atoms with E-state index in [1.165, 1.54) is 63.4 Å². The Morgan fingerprint density at radius 2 is 1.68 bits per heavy atom. The second kappa shape index (κ2) is 14.4. The quantitative estimate of drug-likeness (QED) is 0.205. The summed E-state index contributed by atoms with van der Waals surface area (Å²) < 4.78 is 0. The van der Waals surface area contributed by atoms with Crippen LogP contribution in [0.5, 0.6) is 0 Å². The van der Waals surface area contributed by atoms with Gasteiger partial charge in [-0.2, -0.15) is 0 Å². The van der Waals surface area contributed by atoms with E-state index in [0.717, 1.165) is 17.8 Å². The summed E-state index contributed by atoms with van der Waals surface area (Å²) in [6.45, 7) is 22.2. The average Bonchev–Trinajstić information content (AvgIpc) is 2.53. The van der Waals surface area contributed by atoms with Gasteiger partial charge in [-0.3, -0.25) is 0 Å². The van der Waals surface area contributed by atoms with Gasteiger partial charge in [0.05, 0.1) is 0 Å². The van der Waals surface area contributed by atoms with Gasteiger partial charge in [0.15, 0.2) is 0 Å². The lowest BCUT2D eigenvalue weighted by Crippen LogP contribution is -2.14. The molecule has 0 amide bonds. The molecule has 0 N–H and O–H groups in total. The molecule has 0 heterocycles. The molecule has 3 atom stereocenters. The Morgan fingerprint density at radius 3 is 2.24 bits per heavy atom. The van der Waals surface area contributed by atoms with Crippen molar-refractivity contribution in [2.24, 2.45) is 23.7 Å². The highest BCUT2D eigenvalue weighted by Gasteiger charge is 2.18. The monoisotopic (exact) mass is 346 g/mol. The number of unbranched alkanes of at least 4 members (excludes halogenated alkanes) is 2. The molecule has 0 aliphatic rings. The molecule has 0 aromatic carbocycles. The van der Waals surface area contributed by atoms with Crippen molar-refractivity contribution >= 4 is 0 Å². The predicted octanol–water partition coefficient (Wildman–Crippen LogP) is 8.75. The zero-order chi connectivity index (χ0) is 19.2. The first kappa shape index (κ1) is 24.2. The van der Waals surface area contributed by atoms with Gasteiger partial charge in [0.1, 0.15) is 0 Å². The van der Waals surface area contributed by atoms with Crippen LogP contribution in [-0.2, 0) is 0 Å².